The third-order valence-corrected chi connectivity index (χ3v) is 2.89. The van der Waals surface area contributed by atoms with Crippen LogP contribution in [0.3, 0.4) is 0 Å². The molecule has 1 aromatic carbocycles. The van der Waals surface area contributed by atoms with E-state index in [4.69, 9.17) is 0 Å². The summed E-state index contributed by atoms with van der Waals surface area (Å²) in [5, 5.41) is 5.72. The highest BCUT2D eigenvalue weighted by Crippen LogP contribution is 2.40. The molecule has 0 heterocycles. The molecule has 0 radical (unpaired) electrons. The van der Waals surface area contributed by atoms with Crippen molar-refractivity contribution in [1.29, 1.82) is 0 Å². The van der Waals surface area contributed by atoms with Gasteiger partial charge in [0.05, 0.1) is 6.54 Å². The molecule has 0 atom stereocenters. The Morgan fingerprint density at radius 3 is 2.94 bits per heavy atom. The minimum Gasteiger partial charge on any atom is -0.358 e. The van der Waals surface area contributed by atoms with Crippen LogP contribution in [0.2, 0.25) is 0 Å². The molecule has 0 spiro atoms. The van der Waals surface area contributed by atoms with E-state index < -0.39 is 0 Å². The Labute approximate surface area is 96.2 Å². The second kappa shape index (κ2) is 5.12. The molecule has 0 unspecified atom stereocenters. The van der Waals surface area contributed by atoms with Crippen LogP contribution in [0.15, 0.2) is 24.3 Å². The summed E-state index contributed by atoms with van der Waals surface area (Å²) in [5.74, 6) is 0.817. The summed E-state index contributed by atoms with van der Waals surface area (Å²) >= 11 is 0. The number of carbonyl (C=O) groups is 1. The Balaban J connectivity index is 1.84. The van der Waals surface area contributed by atoms with Gasteiger partial charge in [0, 0.05) is 13.6 Å². The van der Waals surface area contributed by atoms with E-state index in [1.54, 1.807) is 7.05 Å². The summed E-state index contributed by atoms with van der Waals surface area (Å²) in [6, 6.07) is 8.64. The Kier molecular flexibility index (Phi) is 3.57. The van der Waals surface area contributed by atoms with E-state index in [0.29, 0.717) is 6.54 Å². The maximum absolute atomic E-state index is 11.0. The molecule has 1 aliphatic carbocycles. The number of carbonyl (C=O) groups excluding carboxylic acids is 1. The van der Waals surface area contributed by atoms with Gasteiger partial charge in [-0.3, -0.25) is 4.79 Å². The van der Waals surface area contributed by atoms with E-state index in [0.717, 1.165) is 12.5 Å². The van der Waals surface area contributed by atoms with Gasteiger partial charge in [-0.2, -0.15) is 0 Å². The van der Waals surface area contributed by atoms with Crippen LogP contribution >= 0.6 is 0 Å². The lowest BCUT2D eigenvalue weighted by molar-refractivity contribution is -0.119. The molecule has 2 N–H and O–H groups in total. The van der Waals surface area contributed by atoms with Crippen molar-refractivity contribution in [2.75, 3.05) is 13.6 Å². The highest BCUT2D eigenvalue weighted by molar-refractivity contribution is 5.77. The molecule has 2 rings (SSSR count). The van der Waals surface area contributed by atoms with E-state index in [1.807, 2.05) is 0 Å². The highest BCUT2D eigenvalue weighted by atomic mass is 16.1. The van der Waals surface area contributed by atoms with Crippen LogP contribution in [0, 0.1) is 0 Å². The maximum atomic E-state index is 11.0. The summed E-state index contributed by atoms with van der Waals surface area (Å²) in [5.41, 5.74) is 2.70. The standard InChI is InChI=1S/C13H18N2O/c1-14-13(16)9-15-8-10-3-2-4-12(7-10)11-5-6-11/h2-4,7,11,15H,5-6,8-9H2,1H3,(H,14,16). The van der Waals surface area contributed by atoms with Gasteiger partial charge in [0.25, 0.3) is 0 Å². The van der Waals surface area contributed by atoms with Crippen molar-refractivity contribution in [2.24, 2.45) is 0 Å². The molecular formula is C13H18N2O. The van der Waals surface area contributed by atoms with Crippen molar-refractivity contribution < 1.29 is 4.79 Å². The molecule has 3 heteroatoms. The summed E-state index contributed by atoms with van der Waals surface area (Å²) in [7, 11) is 1.65. The minimum atomic E-state index is 0.0262. The van der Waals surface area contributed by atoms with Crippen LogP contribution < -0.4 is 10.6 Å². The summed E-state index contributed by atoms with van der Waals surface area (Å²) < 4.78 is 0. The molecule has 1 aliphatic rings. The van der Waals surface area contributed by atoms with Gasteiger partial charge in [0.2, 0.25) is 5.91 Å². The average Bonchev–Trinajstić information content (AvgIpc) is 3.13. The van der Waals surface area contributed by atoms with Crippen molar-refractivity contribution in [3.8, 4) is 0 Å². The normalized spacial score (nSPS) is 14.8. The lowest BCUT2D eigenvalue weighted by atomic mass is 10.1. The number of rotatable bonds is 5. The molecule has 1 amide bonds. The van der Waals surface area contributed by atoms with Crippen LogP contribution in [0.1, 0.15) is 29.9 Å². The smallest absolute Gasteiger partial charge is 0.233 e. The zero-order chi connectivity index (χ0) is 11.4. The predicted octanol–water partition coefficient (Wildman–Crippen LogP) is 1.40. The average molecular weight is 218 g/mol. The Bertz CT molecular complexity index is 372. The van der Waals surface area contributed by atoms with E-state index >= 15 is 0 Å². The van der Waals surface area contributed by atoms with Crippen LogP contribution in [-0.2, 0) is 11.3 Å². The van der Waals surface area contributed by atoms with Gasteiger partial charge in [-0.1, -0.05) is 24.3 Å². The van der Waals surface area contributed by atoms with Gasteiger partial charge in [-0.05, 0) is 29.9 Å². The quantitative estimate of drug-likeness (QED) is 0.784. The van der Waals surface area contributed by atoms with Crippen LogP contribution in [0.4, 0.5) is 0 Å². The van der Waals surface area contributed by atoms with Gasteiger partial charge in [0.15, 0.2) is 0 Å². The number of amides is 1. The van der Waals surface area contributed by atoms with Crippen LogP contribution in [0.5, 0.6) is 0 Å². The van der Waals surface area contributed by atoms with Gasteiger partial charge in [-0.25, -0.2) is 0 Å². The van der Waals surface area contributed by atoms with Gasteiger partial charge in [-0.15, -0.1) is 0 Å². The van der Waals surface area contributed by atoms with Crippen LogP contribution in [0.25, 0.3) is 0 Å². The number of hydrogen-bond donors (Lipinski definition) is 2. The third-order valence-electron chi connectivity index (χ3n) is 2.89. The van der Waals surface area contributed by atoms with E-state index in [2.05, 4.69) is 34.9 Å². The number of hydrogen-bond acceptors (Lipinski definition) is 2. The molecule has 3 nitrogen and oxygen atoms in total. The van der Waals surface area contributed by atoms with Crippen molar-refractivity contribution in [2.45, 2.75) is 25.3 Å². The van der Waals surface area contributed by atoms with E-state index in [1.165, 1.54) is 24.0 Å². The number of likely N-dealkylation sites (N-methyl/N-ethyl adjacent to an activating group) is 1. The van der Waals surface area contributed by atoms with E-state index in [-0.39, 0.29) is 5.91 Å². The maximum Gasteiger partial charge on any atom is 0.233 e. The molecular weight excluding hydrogens is 200 g/mol. The molecule has 16 heavy (non-hydrogen) atoms. The summed E-state index contributed by atoms with van der Waals surface area (Å²) in [6.07, 6.45) is 2.66. The highest BCUT2D eigenvalue weighted by Gasteiger charge is 2.23. The largest absolute Gasteiger partial charge is 0.358 e. The zero-order valence-corrected chi connectivity index (χ0v) is 9.62. The first-order chi connectivity index (χ1) is 7.79. The minimum absolute atomic E-state index is 0.0262. The topological polar surface area (TPSA) is 41.1 Å². The predicted molar refractivity (Wildman–Crippen MR) is 64.2 cm³/mol. The Morgan fingerprint density at radius 2 is 2.25 bits per heavy atom. The van der Waals surface area contributed by atoms with Crippen molar-refractivity contribution in [1.82, 2.24) is 10.6 Å². The summed E-state index contributed by atoms with van der Waals surface area (Å²) in [6.45, 7) is 1.14. The lowest BCUT2D eigenvalue weighted by Crippen LogP contribution is -2.30. The molecule has 0 aromatic heterocycles. The van der Waals surface area contributed by atoms with Gasteiger partial charge in [0.1, 0.15) is 0 Å². The zero-order valence-electron chi connectivity index (χ0n) is 9.62. The van der Waals surface area contributed by atoms with Crippen LogP contribution in [-0.4, -0.2) is 19.5 Å². The first-order valence-corrected chi connectivity index (χ1v) is 5.79. The monoisotopic (exact) mass is 218 g/mol. The number of benzene rings is 1. The van der Waals surface area contributed by atoms with Crippen molar-refractivity contribution in [3.63, 3.8) is 0 Å². The number of nitrogens with one attached hydrogen (secondary N) is 2. The van der Waals surface area contributed by atoms with Crippen molar-refractivity contribution >= 4 is 5.91 Å². The molecule has 0 bridgehead atoms. The fourth-order valence-corrected chi connectivity index (χ4v) is 1.78. The lowest BCUT2D eigenvalue weighted by Gasteiger charge is -2.06. The molecule has 0 aliphatic heterocycles. The van der Waals surface area contributed by atoms with Crippen molar-refractivity contribution in [3.05, 3.63) is 35.4 Å². The molecule has 1 fully saturated rings. The molecule has 0 saturated heterocycles. The molecule has 1 saturated carbocycles. The first-order valence-electron chi connectivity index (χ1n) is 5.79. The third kappa shape index (κ3) is 3.07. The molecule has 1 aromatic rings. The Hall–Kier alpha value is -1.35. The van der Waals surface area contributed by atoms with E-state index in [9.17, 15) is 4.79 Å². The first kappa shape index (κ1) is 11.1. The fraction of sp³-hybridized carbons (Fsp3) is 0.462. The van der Waals surface area contributed by atoms with Gasteiger partial charge < -0.3 is 10.6 Å². The molecule has 86 valence electrons. The Morgan fingerprint density at radius 1 is 1.44 bits per heavy atom. The summed E-state index contributed by atoms with van der Waals surface area (Å²) in [4.78, 5) is 11.0. The second-order valence-electron chi connectivity index (χ2n) is 4.30. The second-order valence-corrected chi connectivity index (χ2v) is 4.30. The van der Waals surface area contributed by atoms with Gasteiger partial charge >= 0.3 is 0 Å². The fourth-order valence-electron chi connectivity index (χ4n) is 1.78. The SMILES string of the molecule is CNC(=O)CNCc1cccc(C2CC2)c1.